The second kappa shape index (κ2) is 11.7. The number of benzene rings is 3. The van der Waals surface area contributed by atoms with Crippen molar-refractivity contribution < 1.29 is 19.4 Å². The number of carbonyl (C=O) groups is 1. The summed E-state index contributed by atoms with van der Waals surface area (Å²) in [7, 11) is 3.22. The Bertz CT molecular complexity index is 1370. The third-order valence-corrected chi connectivity index (χ3v) is 6.45. The number of phenols is 1. The minimum absolute atomic E-state index is 0.0543. The molecule has 184 valence electrons. The summed E-state index contributed by atoms with van der Waals surface area (Å²) < 4.78 is 13.2. The molecule has 3 aromatic carbocycles. The zero-order chi connectivity index (χ0) is 25.5. The molecule has 9 nitrogen and oxygen atoms in total. The van der Waals surface area contributed by atoms with Crippen LogP contribution in [-0.2, 0) is 4.79 Å². The molecule has 0 saturated heterocycles. The molecule has 1 aromatic heterocycles. The van der Waals surface area contributed by atoms with Gasteiger partial charge in [-0.2, -0.15) is 5.10 Å². The minimum Gasteiger partial charge on any atom is -0.507 e. The summed E-state index contributed by atoms with van der Waals surface area (Å²) in [4.78, 5) is 12.4. The average molecular weight is 568 g/mol. The van der Waals surface area contributed by atoms with Gasteiger partial charge in [-0.05, 0) is 66.7 Å². The molecule has 0 fully saturated rings. The Kier molecular flexibility index (Phi) is 8.24. The number of nitrogens with one attached hydrogen (secondary N) is 1. The van der Waals surface area contributed by atoms with Crippen LogP contribution < -0.4 is 14.9 Å². The van der Waals surface area contributed by atoms with Gasteiger partial charge in [-0.15, -0.1) is 10.2 Å². The molecule has 1 amide bonds. The van der Waals surface area contributed by atoms with Crippen LogP contribution in [0.25, 0.3) is 17.1 Å². The fraction of sp³-hybridized carbons (Fsp3) is 0.120. The van der Waals surface area contributed by atoms with Gasteiger partial charge in [0.25, 0.3) is 5.91 Å². The quantitative estimate of drug-likeness (QED) is 0.172. The van der Waals surface area contributed by atoms with Gasteiger partial charge in [0, 0.05) is 21.3 Å². The first-order chi connectivity index (χ1) is 17.5. The molecule has 0 spiro atoms. The molecule has 1 heterocycles. The van der Waals surface area contributed by atoms with E-state index < -0.39 is 0 Å². The number of carbonyl (C=O) groups excluding carboxylic acids is 1. The highest BCUT2D eigenvalue weighted by atomic mass is 79.9. The van der Waals surface area contributed by atoms with Crippen LogP contribution in [0.2, 0.25) is 0 Å². The lowest BCUT2D eigenvalue weighted by molar-refractivity contribution is -0.118. The Balaban J connectivity index is 1.53. The number of phenolic OH excluding ortho intramolecular Hbond substituents is 1. The van der Waals surface area contributed by atoms with Gasteiger partial charge in [-0.1, -0.05) is 27.7 Å². The van der Waals surface area contributed by atoms with E-state index in [0.717, 1.165) is 27.2 Å². The van der Waals surface area contributed by atoms with Crippen LogP contribution in [0.1, 0.15) is 5.56 Å². The summed E-state index contributed by atoms with van der Waals surface area (Å²) in [6.07, 6.45) is 1.38. The van der Waals surface area contributed by atoms with Crippen molar-refractivity contribution in [3.8, 4) is 34.3 Å². The van der Waals surface area contributed by atoms with Crippen LogP contribution >= 0.6 is 27.7 Å². The molecule has 11 heteroatoms. The number of thioether (sulfide) groups is 1. The average Bonchev–Trinajstić information content (AvgIpc) is 3.33. The topological polar surface area (TPSA) is 111 Å². The van der Waals surface area contributed by atoms with E-state index in [-0.39, 0.29) is 17.4 Å². The van der Waals surface area contributed by atoms with E-state index in [1.54, 1.807) is 26.4 Å². The molecule has 4 rings (SSSR count). The monoisotopic (exact) mass is 567 g/mol. The molecule has 2 N–H and O–H groups in total. The van der Waals surface area contributed by atoms with Crippen LogP contribution in [-0.4, -0.2) is 52.0 Å². The van der Waals surface area contributed by atoms with Gasteiger partial charge in [0.1, 0.15) is 17.2 Å². The fourth-order valence-electron chi connectivity index (χ4n) is 3.22. The third-order valence-electron chi connectivity index (χ3n) is 5.03. The van der Waals surface area contributed by atoms with E-state index in [1.807, 2.05) is 53.1 Å². The van der Waals surface area contributed by atoms with Crippen molar-refractivity contribution in [1.82, 2.24) is 20.2 Å². The maximum absolute atomic E-state index is 12.4. The van der Waals surface area contributed by atoms with Crippen LogP contribution in [0.5, 0.6) is 17.2 Å². The molecule has 0 aliphatic carbocycles. The van der Waals surface area contributed by atoms with Crippen molar-refractivity contribution in [2.24, 2.45) is 5.10 Å². The Hall–Kier alpha value is -3.83. The number of hydrazone groups is 1. The lowest BCUT2D eigenvalue weighted by Crippen LogP contribution is -2.20. The lowest BCUT2D eigenvalue weighted by atomic mass is 10.2. The number of aromatic hydroxyl groups is 1. The Morgan fingerprint density at radius 3 is 2.39 bits per heavy atom. The lowest BCUT2D eigenvalue weighted by Gasteiger charge is -2.11. The zero-order valence-corrected chi connectivity index (χ0v) is 21.8. The highest BCUT2D eigenvalue weighted by Crippen LogP contribution is 2.30. The van der Waals surface area contributed by atoms with Gasteiger partial charge in [0.15, 0.2) is 11.0 Å². The van der Waals surface area contributed by atoms with Crippen molar-refractivity contribution >= 4 is 39.8 Å². The van der Waals surface area contributed by atoms with Crippen molar-refractivity contribution in [3.05, 3.63) is 76.8 Å². The van der Waals surface area contributed by atoms with E-state index in [4.69, 9.17) is 9.47 Å². The second-order valence-corrected chi connectivity index (χ2v) is 9.21. The fourth-order valence-corrected chi connectivity index (χ4v) is 4.34. The molecule has 0 unspecified atom stereocenters. The molecule has 0 radical (unpaired) electrons. The zero-order valence-electron chi connectivity index (χ0n) is 19.4. The molecule has 4 aromatic rings. The van der Waals surface area contributed by atoms with Gasteiger partial charge in [0.2, 0.25) is 0 Å². The Labute approximate surface area is 220 Å². The number of amides is 1. The normalized spacial score (nSPS) is 11.0. The Morgan fingerprint density at radius 1 is 1.06 bits per heavy atom. The smallest absolute Gasteiger partial charge is 0.250 e. The summed E-state index contributed by atoms with van der Waals surface area (Å²) in [6, 6.07) is 19.9. The highest BCUT2D eigenvalue weighted by Gasteiger charge is 2.17. The number of hydrogen-bond acceptors (Lipinski definition) is 8. The van der Waals surface area contributed by atoms with E-state index in [2.05, 4.69) is 36.7 Å². The van der Waals surface area contributed by atoms with Gasteiger partial charge >= 0.3 is 0 Å². The Morgan fingerprint density at radius 2 is 1.72 bits per heavy atom. The summed E-state index contributed by atoms with van der Waals surface area (Å²) in [5.74, 6) is 1.86. The van der Waals surface area contributed by atoms with E-state index in [0.29, 0.717) is 16.5 Å². The molecular weight excluding hydrogens is 546 g/mol. The van der Waals surface area contributed by atoms with Crippen molar-refractivity contribution in [3.63, 3.8) is 0 Å². The van der Waals surface area contributed by atoms with E-state index in [1.165, 1.54) is 24.0 Å². The van der Waals surface area contributed by atoms with Crippen molar-refractivity contribution in [2.75, 3.05) is 20.0 Å². The second-order valence-electron chi connectivity index (χ2n) is 7.35. The summed E-state index contributed by atoms with van der Waals surface area (Å²) in [5.41, 5.74) is 4.60. The largest absolute Gasteiger partial charge is 0.507 e. The van der Waals surface area contributed by atoms with Crippen LogP contribution in [0.15, 0.2) is 81.5 Å². The van der Waals surface area contributed by atoms with Gasteiger partial charge in [0.05, 0.1) is 26.2 Å². The molecule has 0 aliphatic heterocycles. The SMILES string of the molecule is COc1ccc(-c2nnc(SCC(=O)NN=Cc3cc(Br)ccc3O)n2-c2ccc(OC)cc2)cc1. The van der Waals surface area contributed by atoms with Gasteiger partial charge in [-0.3, -0.25) is 9.36 Å². The van der Waals surface area contributed by atoms with Gasteiger partial charge in [-0.25, -0.2) is 5.43 Å². The number of methoxy groups -OCH3 is 2. The number of aromatic nitrogens is 3. The first kappa shape index (κ1) is 25.3. The first-order valence-electron chi connectivity index (χ1n) is 10.7. The predicted octanol–water partition coefficient (Wildman–Crippen LogP) is 4.66. The van der Waals surface area contributed by atoms with Gasteiger partial charge < -0.3 is 14.6 Å². The molecular formula is C25H22BrN5O4S. The number of halogens is 1. The molecule has 0 atom stereocenters. The molecule has 0 aliphatic rings. The molecule has 0 bridgehead atoms. The van der Waals surface area contributed by atoms with Crippen LogP contribution in [0.3, 0.4) is 0 Å². The molecule has 0 saturated carbocycles. The summed E-state index contributed by atoms with van der Waals surface area (Å²) in [5, 5.41) is 23.1. The maximum atomic E-state index is 12.4. The number of nitrogens with zero attached hydrogens (tertiary/aromatic N) is 4. The maximum Gasteiger partial charge on any atom is 0.250 e. The van der Waals surface area contributed by atoms with Crippen LogP contribution in [0.4, 0.5) is 0 Å². The van der Waals surface area contributed by atoms with Crippen molar-refractivity contribution in [1.29, 1.82) is 0 Å². The van der Waals surface area contributed by atoms with E-state index >= 15 is 0 Å². The number of ether oxygens (including phenoxy) is 2. The first-order valence-corrected chi connectivity index (χ1v) is 12.4. The highest BCUT2D eigenvalue weighted by molar-refractivity contribution is 9.10. The summed E-state index contributed by atoms with van der Waals surface area (Å²) >= 11 is 4.56. The van der Waals surface area contributed by atoms with Crippen LogP contribution in [0, 0.1) is 0 Å². The predicted molar refractivity (Wildman–Crippen MR) is 142 cm³/mol. The van der Waals surface area contributed by atoms with E-state index in [9.17, 15) is 9.90 Å². The number of rotatable bonds is 9. The molecule has 36 heavy (non-hydrogen) atoms. The number of hydrogen-bond donors (Lipinski definition) is 2. The minimum atomic E-state index is -0.332. The third kappa shape index (κ3) is 6.04. The van der Waals surface area contributed by atoms with Crippen molar-refractivity contribution in [2.45, 2.75) is 5.16 Å². The summed E-state index contributed by atoms with van der Waals surface area (Å²) in [6.45, 7) is 0. The standard InChI is InChI=1S/C25H22BrN5O4S/c1-34-20-8-3-16(4-9-20)24-29-30-25(31(24)19-6-10-21(35-2)11-7-19)36-15-23(33)28-27-14-17-13-18(26)5-12-22(17)32/h3-14,32H,15H2,1-2H3,(H,28,33).